The quantitative estimate of drug-likeness (QED) is 0.357. The van der Waals surface area contributed by atoms with E-state index < -0.39 is 25.5 Å². The summed E-state index contributed by atoms with van der Waals surface area (Å²) in [5, 5.41) is 33.6. The highest BCUT2D eigenvalue weighted by molar-refractivity contribution is 7.10. The predicted octanol–water partition coefficient (Wildman–Crippen LogP) is 0.765. The summed E-state index contributed by atoms with van der Waals surface area (Å²) in [7, 11) is -1.16. The first kappa shape index (κ1) is 17.6. The van der Waals surface area contributed by atoms with Crippen LogP contribution in [0.2, 0.25) is 0 Å². The van der Waals surface area contributed by atoms with Crippen LogP contribution in [0.25, 0.3) is 0 Å². The van der Waals surface area contributed by atoms with Crippen LogP contribution in [0.1, 0.15) is 37.0 Å². The van der Waals surface area contributed by atoms with Crippen LogP contribution in [0.5, 0.6) is 0 Å². The SMILES string of the molecule is O=C(Cc1cccs1)N[C@H]1CC2=C(CCC2)C(CC(O)O)OB1O. The molecule has 1 aliphatic heterocycles. The monoisotopic (exact) mass is 351 g/mol. The summed E-state index contributed by atoms with van der Waals surface area (Å²) < 4.78 is 5.65. The zero-order valence-corrected chi connectivity index (χ0v) is 14.2. The van der Waals surface area contributed by atoms with Gasteiger partial charge in [-0.25, -0.2) is 0 Å². The minimum Gasteiger partial charge on any atom is -0.426 e. The van der Waals surface area contributed by atoms with Gasteiger partial charge in [-0.15, -0.1) is 11.3 Å². The van der Waals surface area contributed by atoms with Gasteiger partial charge in [-0.1, -0.05) is 11.6 Å². The van der Waals surface area contributed by atoms with Crippen LogP contribution in [0, 0.1) is 0 Å². The molecule has 1 aromatic heterocycles. The van der Waals surface area contributed by atoms with Crippen molar-refractivity contribution in [2.45, 2.75) is 56.9 Å². The van der Waals surface area contributed by atoms with Gasteiger partial charge in [-0.2, -0.15) is 0 Å². The van der Waals surface area contributed by atoms with Crippen molar-refractivity contribution in [3.8, 4) is 0 Å². The van der Waals surface area contributed by atoms with Gasteiger partial charge in [0.15, 0.2) is 6.29 Å². The summed E-state index contributed by atoms with van der Waals surface area (Å²) in [5.41, 5.74) is 2.22. The standard InChI is InChI=1S/C16H22BNO5S/c19-15(8-11-4-2-6-24-11)18-14-7-10-3-1-5-12(10)13(9-16(20)21)23-17(14)22/h2,4,6,13-14,16,20-22H,1,3,5,7-9H2,(H,18,19)/t13?,14-/m0/s1. The topological polar surface area (TPSA) is 99.0 Å². The fraction of sp³-hybridized carbons (Fsp3) is 0.562. The highest BCUT2D eigenvalue weighted by Gasteiger charge is 2.39. The number of rotatable bonds is 5. The molecule has 0 spiro atoms. The van der Waals surface area contributed by atoms with Gasteiger partial charge >= 0.3 is 7.12 Å². The number of carbonyl (C=O) groups is 1. The lowest BCUT2D eigenvalue weighted by Gasteiger charge is -2.23. The molecule has 24 heavy (non-hydrogen) atoms. The van der Waals surface area contributed by atoms with Crippen LogP contribution < -0.4 is 5.32 Å². The molecule has 6 nitrogen and oxygen atoms in total. The summed E-state index contributed by atoms with van der Waals surface area (Å²) in [6, 6.07) is 3.80. The van der Waals surface area contributed by atoms with Crippen molar-refractivity contribution in [3.05, 3.63) is 33.5 Å². The van der Waals surface area contributed by atoms with Crippen molar-refractivity contribution in [2.24, 2.45) is 0 Å². The molecule has 0 aromatic carbocycles. The van der Waals surface area contributed by atoms with E-state index >= 15 is 0 Å². The Hall–Kier alpha value is -1.19. The van der Waals surface area contributed by atoms with E-state index in [1.807, 2.05) is 17.5 Å². The molecule has 0 fully saturated rings. The molecule has 2 atom stereocenters. The number of amides is 1. The molecule has 1 aliphatic carbocycles. The number of hydrogen-bond donors (Lipinski definition) is 4. The molecule has 0 radical (unpaired) electrons. The second-order valence-electron chi connectivity index (χ2n) is 6.35. The van der Waals surface area contributed by atoms with E-state index in [2.05, 4.69) is 5.32 Å². The third kappa shape index (κ3) is 4.26. The molecule has 1 amide bonds. The lowest BCUT2D eigenvalue weighted by Crippen LogP contribution is -2.49. The number of nitrogens with one attached hydrogen (secondary N) is 1. The van der Waals surface area contributed by atoms with Crippen molar-refractivity contribution in [2.75, 3.05) is 0 Å². The Labute approximate surface area is 145 Å². The number of hydrogen-bond acceptors (Lipinski definition) is 6. The number of aliphatic hydroxyl groups is 2. The second kappa shape index (κ2) is 7.80. The Morgan fingerprint density at radius 3 is 3.00 bits per heavy atom. The van der Waals surface area contributed by atoms with Gasteiger partial charge in [0.25, 0.3) is 0 Å². The zero-order valence-electron chi connectivity index (χ0n) is 13.4. The number of aliphatic hydroxyl groups excluding tert-OH is 1. The molecule has 8 heteroatoms. The smallest absolute Gasteiger partial charge is 0.426 e. The average Bonchev–Trinajstić information content (AvgIpc) is 3.14. The molecule has 130 valence electrons. The Morgan fingerprint density at radius 1 is 1.46 bits per heavy atom. The molecular formula is C16H22BNO5S. The van der Waals surface area contributed by atoms with Crippen LogP contribution >= 0.6 is 11.3 Å². The van der Waals surface area contributed by atoms with Crippen LogP contribution in [0.3, 0.4) is 0 Å². The zero-order chi connectivity index (χ0) is 17.1. The Morgan fingerprint density at radius 2 is 2.29 bits per heavy atom. The molecule has 2 heterocycles. The van der Waals surface area contributed by atoms with E-state index in [0.29, 0.717) is 6.42 Å². The molecule has 1 aromatic rings. The van der Waals surface area contributed by atoms with E-state index in [0.717, 1.165) is 29.7 Å². The largest absolute Gasteiger partial charge is 0.478 e. The molecule has 2 aliphatic rings. The summed E-state index contributed by atoms with van der Waals surface area (Å²) >= 11 is 1.52. The van der Waals surface area contributed by atoms with E-state index in [1.165, 1.54) is 16.9 Å². The fourth-order valence-corrected chi connectivity index (χ4v) is 4.21. The van der Waals surface area contributed by atoms with Crippen molar-refractivity contribution < 1.29 is 24.7 Å². The lowest BCUT2D eigenvalue weighted by molar-refractivity contribution is -0.120. The summed E-state index contributed by atoms with van der Waals surface area (Å²) in [4.78, 5) is 13.2. The van der Waals surface area contributed by atoms with Crippen molar-refractivity contribution in [3.63, 3.8) is 0 Å². The van der Waals surface area contributed by atoms with Gasteiger partial charge in [0.1, 0.15) is 0 Å². The molecule has 0 saturated carbocycles. The first-order valence-electron chi connectivity index (χ1n) is 8.25. The predicted molar refractivity (Wildman–Crippen MR) is 91.1 cm³/mol. The van der Waals surface area contributed by atoms with E-state index in [1.54, 1.807) is 0 Å². The average molecular weight is 351 g/mol. The normalized spacial score (nSPS) is 24.2. The molecule has 0 saturated heterocycles. The first-order valence-corrected chi connectivity index (χ1v) is 9.13. The number of carbonyl (C=O) groups excluding carboxylic acids is 1. The highest BCUT2D eigenvalue weighted by atomic mass is 32.1. The van der Waals surface area contributed by atoms with Gasteiger partial charge in [-0.3, -0.25) is 4.79 Å². The summed E-state index contributed by atoms with van der Waals surface area (Å²) in [6.07, 6.45) is 1.62. The molecule has 1 unspecified atom stereocenters. The Kier molecular flexibility index (Phi) is 5.73. The second-order valence-corrected chi connectivity index (χ2v) is 7.38. The summed E-state index contributed by atoms with van der Waals surface area (Å²) in [5.74, 6) is -0.660. The van der Waals surface area contributed by atoms with Gasteiger partial charge in [0, 0.05) is 11.3 Å². The van der Waals surface area contributed by atoms with Crippen molar-refractivity contribution >= 4 is 24.4 Å². The lowest BCUT2D eigenvalue weighted by atomic mass is 9.75. The number of thiophene rings is 1. The van der Waals surface area contributed by atoms with Crippen LogP contribution in [0.15, 0.2) is 28.7 Å². The maximum atomic E-state index is 12.2. The van der Waals surface area contributed by atoms with E-state index in [9.17, 15) is 20.0 Å². The molecule has 3 rings (SSSR count). The van der Waals surface area contributed by atoms with Gasteiger partial charge in [-0.05, 0) is 42.7 Å². The minimum absolute atomic E-state index is 0.0335. The van der Waals surface area contributed by atoms with Crippen LogP contribution in [0.4, 0.5) is 0 Å². The Balaban J connectivity index is 1.67. The first-order chi connectivity index (χ1) is 11.5. The molecule has 4 N–H and O–H groups in total. The van der Waals surface area contributed by atoms with Gasteiger partial charge in [0.2, 0.25) is 5.91 Å². The third-order valence-electron chi connectivity index (χ3n) is 4.57. The Bertz CT molecular complexity index is 604. The van der Waals surface area contributed by atoms with E-state index in [-0.39, 0.29) is 18.7 Å². The summed E-state index contributed by atoms with van der Waals surface area (Å²) in [6.45, 7) is 0. The third-order valence-corrected chi connectivity index (χ3v) is 5.44. The molecular weight excluding hydrogens is 329 g/mol. The van der Waals surface area contributed by atoms with Gasteiger partial charge in [0.05, 0.1) is 18.5 Å². The highest BCUT2D eigenvalue weighted by Crippen LogP contribution is 2.36. The van der Waals surface area contributed by atoms with E-state index in [4.69, 9.17) is 4.65 Å². The van der Waals surface area contributed by atoms with Crippen molar-refractivity contribution in [1.82, 2.24) is 5.32 Å². The maximum absolute atomic E-state index is 12.2. The fourth-order valence-electron chi connectivity index (χ4n) is 3.50. The van der Waals surface area contributed by atoms with Gasteiger partial charge < -0.3 is 25.2 Å². The van der Waals surface area contributed by atoms with Crippen LogP contribution in [-0.2, 0) is 15.9 Å². The maximum Gasteiger partial charge on any atom is 0.478 e. The van der Waals surface area contributed by atoms with Crippen LogP contribution in [-0.4, -0.2) is 46.6 Å². The van der Waals surface area contributed by atoms with Crippen molar-refractivity contribution in [1.29, 1.82) is 0 Å². The molecule has 0 bridgehead atoms. The minimum atomic E-state index is -1.48.